The highest BCUT2D eigenvalue weighted by atomic mass is 35.5. The standard InChI is InChI=1S/C10H11ClN2OS/c1-6(12)4-7-5-15-10(13-7)8-2-3-9(11)14-8/h2-3,5-6H,4,12H2,1H3. The van der Waals surface area contributed by atoms with E-state index >= 15 is 0 Å². The molecule has 80 valence electrons. The first-order valence-corrected chi connectivity index (χ1v) is 5.86. The van der Waals surface area contributed by atoms with Gasteiger partial charge in [0.2, 0.25) is 0 Å². The third-order valence-corrected chi connectivity index (χ3v) is 2.98. The number of halogens is 1. The van der Waals surface area contributed by atoms with Crippen molar-refractivity contribution in [3.63, 3.8) is 0 Å². The summed E-state index contributed by atoms with van der Waals surface area (Å²) in [6.45, 7) is 1.96. The predicted molar refractivity (Wildman–Crippen MR) is 62.2 cm³/mol. The smallest absolute Gasteiger partial charge is 0.194 e. The summed E-state index contributed by atoms with van der Waals surface area (Å²) in [7, 11) is 0. The number of rotatable bonds is 3. The molecule has 2 aromatic rings. The molecule has 2 rings (SSSR count). The van der Waals surface area contributed by atoms with Crippen molar-refractivity contribution in [1.82, 2.24) is 4.98 Å². The summed E-state index contributed by atoms with van der Waals surface area (Å²) in [5.41, 5.74) is 6.69. The molecule has 3 nitrogen and oxygen atoms in total. The normalized spacial score (nSPS) is 13.0. The van der Waals surface area contributed by atoms with Crippen LogP contribution < -0.4 is 5.73 Å². The van der Waals surface area contributed by atoms with Gasteiger partial charge in [0.05, 0.1) is 5.69 Å². The molecule has 0 bridgehead atoms. The van der Waals surface area contributed by atoms with E-state index in [4.69, 9.17) is 21.8 Å². The van der Waals surface area contributed by atoms with Gasteiger partial charge in [-0.15, -0.1) is 11.3 Å². The maximum atomic E-state index is 5.70. The van der Waals surface area contributed by atoms with Crippen molar-refractivity contribution in [2.75, 3.05) is 0 Å². The van der Waals surface area contributed by atoms with E-state index in [1.54, 1.807) is 6.07 Å². The molecule has 1 unspecified atom stereocenters. The van der Waals surface area contributed by atoms with Gasteiger partial charge < -0.3 is 10.2 Å². The predicted octanol–water partition coefficient (Wildman–Crippen LogP) is 2.95. The van der Waals surface area contributed by atoms with Crippen molar-refractivity contribution in [1.29, 1.82) is 0 Å². The van der Waals surface area contributed by atoms with E-state index in [2.05, 4.69) is 4.98 Å². The van der Waals surface area contributed by atoms with Gasteiger partial charge in [0.15, 0.2) is 16.0 Å². The molecule has 0 saturated heterocycles. The second-order valence-corrected chi connectivity index (χ2v) is 4.66. The first-order chi connectivity index (χ1) is 7.15. The van der Waals surface area contributed by atoms with Crippen LogP contribution in [0.1, 0.15) is 12.6 Å². The van der Waals surface area contributed by atoms with E-state index in [9.17, 15) is 0 Å². The highest BCUT2D eigenvalue weighted by molar-refractivity contribution is 7.13. The molecule has 0 aliphatic heterocycles. The zero-order chi connectivity index (χ0) is 10.8. The fourth-order valence-corrected chi connectivity index (χ4v) is 2.21. The average molecular weight is 243 g/mol. The van der Waals surface area contributed by atoms with Gasteiger partial charge in [-0.2, -0.15) is 0 Å². The van der Waals surface area contributed by atoms with Crippen molar-refractivity contribution in [2.24, 2.45) is 5.73 Å². The lowest BCUT2D eigenvalue weighted by Crippen LogP contribution is -2.17. The molecule has 0 amide bonds. The second-order valence-electron chi connectivity index (χ2n) is 3.43. The summed E-state index contributed by atoms with van der Waals surface area (Å²) in [4.78, 5) is 4.42. The Bertz CT molecular complexity index is 450. The zero-order valence-corrected chi connectivity index (χ0v) is 9.81. The first-order valence-electron chi connectivity index (χ1n) is 4.61. The van der Waals surface area contributed by atoms with Crippen LogP contribution in [0.5, 0.6) is 0 Å². The van der Waals surface area contributed by atoms with Crippen molar-refractivity contribution in [3.8, 4) is 10.8 Å². The Morgan fingerprint density at radius 3 is 3.00 bits per heavy atom. The van der Waals surface area contributed by atoms with Crippen LogP contribution >= 0.6 is 22.9 Å². The number of aromatic nitrogens is 1. The average Bonchev–Trinajstić information content (AvgIpc) is 2.72. The Morgan fingerprint density at radius 1 is 1.60 bits per heavy atom. The molecule has 5 heteroatoms. The lowest BCUT2D eigenvalue weighted by atomic mass is 10.2. The Kier molecular flexibility index (Phi) is 3.09. The van der Waals surface area contributed by atoms with E-state index in [0.717, 1.165) is 17.1 Å². The van der Waals surface area contributed by atoms with Gasteiger partial charge in [0.25, 0.3) is 0 Å². The van der Waals surface area contributed by atoms with E-state index in [1.165, 1.54) is 11.3 Å². The molecule has 2 heterocycles. The van der Waals surface area contributed by atoms with Gasteiger partial charge >= 0.3 is 0 Å². The molecular formula is C10H11ClN2OS. The molecule has 1 atom stereocenters. The van der Waals surface area contributed by atoms with E-state index in [0.29, 0.717) is 11.0 Å². The Balaban J connectivity index is 2.20. The lowest BCUT2D eigenvalue weighted by Gasteiger charge is -1.99. The summed E-state index contributed by atoms with van der Waals surface area (Å²) in [6, 6.07) is 3.65. The van der Waals surface area contributed by atoms with Crippen molar-refractivity contribution in [3.05, 3.63) is 28.4 Å². The Labute approximate surface area is 96.9 Å². The van der Waals surface area contributed by atoms with Crippen LogP contribution in [0.25, 0.3) is 10.8 Å². The van der Waals surface area contributed by atoms with E-state index < -0.39 is 0 Å². The summed E-state index contributed by atoms with van der Waals surface area (Å²) in [5, 5.41) is 3.22. The molecule has 0 aromatic carbocycles. The van der Waals surface area contributed by atoms with Crippen LogP contribution in [0.3, 0.4) is 0 Å². The minimum Gasteiger partial charge on any atom is -0.442 e. The SMILES string of the molecule is CC(N)Cc1csc(-c2ccc(Cl)o2)n1. The monoisotopic (exact) mass is 242 g/mol. The van der Waals surface area contributed by atoms with E-state index in [-0.39, 0.29) is 6.04 Å². The number of furan rings is 1. The van der Waals surface area contributed by atoms with Crippen molar-refractivity contribution >= 4 is 22.9 Å². The lowest BCUT2D eigenvalue weighted by molar-refractivity contribution is 0.583. The van der Waals surface area contributed by atoms with E-state index in [1.807, 2.05) is 18.4 Å². The third-order valence-electron chi connectivity index (χ3n) is 1.87. The highest BCUT2D eigenvalue weighted by Crippen LogP contribution is 2.27. The third kappa shape index (κ3) is 2.59. The highest BCUT2D eigenvalue weighted by Gasteiger charge is 2.09. The van der Waals surface area contributed by atoms with Crippen LogP contribution in [0, 0.1) is 0 Å². The first kappa shape index (κ1) is 10.7. The molecule has 15 heavy (non-hydrogen) atoms. The molecule has 0 fully saturated rings. The summed E-state index contributed by atoms with van der Waals surface area (Å²) >= 11 is 7.23. The fraction of sp³-hybridized carbons (Fsp3) is 0.300. The van der Waals surface area contributed by atoms with Crippen molar-refractivity contribution in [2.45, 2.75) is 19.4 Å². The number of nitrogens with zero attached hydrogens (tertiary/aromatic N) is 1. The van der Waals surface area contributed by atoms with Crippen LogP contribution in [-0.2, 0) is 6.42 Å². The van der Waals surface area contributed by atoms with Gasteiger partial charge in [0.1, 0.15) is 0 Å². The second kappa shape index (κ2) is 4.35. The minimum atomic E-state index is 0.125. The molecule has 0 aliphatic rings. The van der Waals surface area contributed by atoms with Gasteiger partial charge in [-0.05, 0) is 30.7 Å². The van der Waals surface area contributed by atoms with Gasteiger partial charge in [-0.3, -0.25) is 0 Å². The number of thiazole rings is 1. The molecule has 0 aliphatic carbocycles. The number of nitrogens with two attached hydrogens (primary N) is 1. The van der Waals surface area contributed by atoms with Crippen LogP contribution in [0.2, 0.25) is 5.22 Å². The summed E-state index contributed by atoms with van der Waals surface area (Å²) < 4.78 is 5.27. The van der Waals surface area contributed by atoms with Gasteiger partial charge in [-0.1, -0.05) is 0 Å². The Morgan fingerprint density at radius 2 is 2.40 bits per heavy atom. The molecule has 0 saturated carbocycles. The molecule has 2 aromatic heterocycles. The molecule has 2 N–H and O–H groups in total. The van der Waals surface area contributed by atoms with Crippen LogP contribution in [0.15, 0.2) is 21.9 Å². The fourth-order valence-electron chi connectivity index (χ4n) is 1.27. The minimum absolute atomic E-state index is 0.125. The Hall–Kier alpha value is -0.840. The largest absolute Gasteiger partial charge is 0.442 e. The maximum absolute atomic E-state index is 5.70. The van der Waals surface area contributed by atoms with Crippen molar-refractivity contribution < 1.29 is 4.42 Å². The number of hydrogen-bond donors (Lipinski definition) is 1. The van der Waals surface area contributed by atoms with Crippen LogP contribution in [-0.4, -0.2) is 11.0 Å². The maximum Gasteiger partial charge on any atom is 0.194 e. The zero-order valence-electron chi connectivity index (χ0n) is 8.24. The summed E-state index contributed by atoms with van der Waals surface area (Å²) in [5.74, 6) is 0.709. The summed E-state index contributed by atoms with van der Waals surface area (Å²) in [6.07, 6.45) is 0.783. The van der Waals surface area contributed by atoms with Gasteiger partial charge in [-0.25, -0.2) is 4.98 Å². The topological polar surface area (TPSA) is 52.0 Å². The molecule has 0 radical (unpaired) electrons. The van der Waals surface area contributed by atoms with Gasteiger partial charge in [0, 0.05) is 17.8 Å². The quantitative estimate of drug-likeness (QED) is 0.900. The molecule has 0 spiro atoms. The molecular weight excluding hydrogens is 232 g/mol. The number of hydrogen-bond acceptors (Lipinski definition) is 4. The van der Waals surface area contributed by atoms with Crippen LogP contribution in [0.4, 0.5) is 0 Å².